The van der Waals surface area contributed by atoms with Gasteiger partial charge < -0.3 is 17.7 Å². The van der Waals surface area contributed by atoms with Crippen LogP contribution >= 0.6 is 25.3 Å². The second kappa shape index (κ2) is 19.3. The highest BCUT2D eigenvalue weighted by molar-refractivity contribution is 7.80. The fraction of sp³-hybridized carbons (Fsp3) is 1.00. The first-order valence-electron chi connectivity index (χ1n) is 9.79. The largest absolute Gasteiger partial charge is 0.398 e. The quantitative estimate of drug-likeness (QED) is 0.182. The summed E-state index contributed by atoms with van der Waals surface area (Å²) in [5, 5.41) is 0. The van der Waals surface area contributed by atoms with Gasteiger partial charge in [-0.05, 0) is 49.5 Å². The average Bonchev–Trinajstić information content (AvgIpc) is 2.67. The van der Waals surface area contributed by atoms with E-state index in [1.165, 1.54) is 51.4 Å². The molecule has 26 heavy (non-hydrogen) atoms. The van der Waals surface area contributed by atoms with E-state index in [0.29, 0.717) is 0 Å². The molecule has 160 valence electrons. The topological polar surface area (TPSA) is 36.9 Å². The smallest absolute Gasteiger partial charge is 0.334 e. The van der Waals surface area contributed by atoms with Gasteiger partial charge in [0.2, 0.25) is 0 Å². The Hall–Kier alpha value is 0.974. The maximum absolute atomic E-state index is 5.40. The minimum absolute atomic E-state index is 1.00. The summed E-state index contributed by atoms with van der Waals surface area (Å²) in [6.45, 7) is 4.23. The standard InChI is InChI=1S/2C9H22O2SSi/c2*1-10-13(3,11-2)9-7-5-4-6-8-12/h2*12H,4-9H2,1-3H3. The van der Waals surface area contributed by atoms with Crippen LogP contribution < -0.4 is 0 Å². The molecule has 0 aromatic carbocycles. The van der Waals surface area contributed by atoms with E-state index < -0.39 is 17.1 Å². The number of unbranched alkanes of at least 4 members (excludes halogenated alkanes) is 6. The zero-order valence-corrected chi connectivity index (χ0v) is 21.8. The van der Waals surface area contributed by atoms with Gasteiger partial charge >= 0.3 is 17.1 Å². The Labute approximate surface area is 176 Å². The Morgan fingerprint density at radius 1 is 0.500 bits per heavy atom. The number of rotatable bonds is 16. The predicted molar refractivity (Wildman–Crippen MR) is 126 cm³/mol. The summed E-state index contributed by atoms with van der Waals surface area (Å²) >= 11 is 8.35. The van der Waals surface area contributed by atoms with E-state index in [2.05, 4.69) is 38.4 Å². The fourth-order valence-electron chi connectivity index (χ4n) is 2.40. The average molecular weight is 445 g/mol. The first kappa shape index (κ1) is 29.2. The molecule has 0 spiro atoms. The third-order valence-electron chi connectivity index (χ3n) is 4.81. The van der Waals surface area contributed by atoms with Crippen molar-refractivity contribution >= 4 is 42.4 Å². The molecule has 0 unspecified atom stereocenters. The molecule has 0 aromatic rings. The Morgan fingerprint density at radius 3 is 1.00 bits per heavy atom. The highest BCUT2D eigenvalue weighted by Crippen LogP contribution is 2.17. The summed E-state index contributed by atoms with van der Waals surface area (Å²) in [4.78, 5) is 0. The summed E-state index contributed by atoms with van der Waals surface area (Å²) in [5.74, 6) is 2.01. The third-order valence-corrected chi connectivity index (χ3v) is 11.4. The van der Waals surface area contributed by atoms with Crippen LogP contribution in [0.5, 0.6) is 0 Å². The van der Waals surface area contributed by atoms with Gasteiger partial charge in [-0.3, -0.25) is 0 Å². The van der Waals surface area contributed by atoms with E-state index in [0.717, 1.165) is 23.6 Å². The van der Waals surface area contributed by atoms with E-state index in [1.54, 1.807) is 28.4 Å². The molecule has 0 atom stereocenters. The van der Waals surface area contributed by atoms with Gasteiger partial charge in [-0.25, -0.2) is 0 Å². The van der Waals surface area contributed by atoms with Crippen molar-refractivity contribution in [1.82, 2.24) is 0 Å². The summed E-state index contributed by atoms with van der Waals surface area (Å²) in [5.41, 5.74) is 0. The number of hydrogen-bond donors (Lipinski definition) is 2. The zero-order valence-electron chi connectivity index (χ0n) is 18.0. The highest BCUT2D eigenvalue weighted by atomic mass is 32.1. The van der Waals surface area contributed by atoms with Crippen LogP contribution in [-0.2, 0) is 17.7 Å². The Kier molecular flexibility index (Phi) is 21.7. The molecule has 0 aliphatic rings. The molecule has 0 radical (unpaired) electrons. The van der Waals surface area contributed by atoms with Crippen LogP contribution in [0, 0.1) is 0 Å². The molecular weight excluding hydrogens is 401 g/mol. The molecule has 0 aliphatic carbocycles. The molecule has 0 saturated heterocycles. The minimum Gasteiger partial charge on any atom is -0.398 e. The highest BCUT2D eigenvalue weighted by Gasteiger charge is 2.28. The minimum atomic E-state index is -1.78. The SMILES string of the molecule is CO[Si](C)(CCCCCCS)OC.CO[Si](C)(CCCCCCS)OC. The second-order valence-electron chi connectivity index (χ2n) is 6.86. The molecule has 4 nitrogen and oxygen atoms in total. The number of thiol groups is 2. The Morgan fingerprint density at radius 2 is 0.769 bits per heavy atom. The fourth-order valence-corrected chi connectivity index (χ4v) is 5.78. The van der Waals surface area contributed by atoms with Crippen molar-refractivity contribution in [2.24, 2.45) is 0 Å². The van der Waals surface area contributed by atoms with Gasteiger partial charge in [-0.15, -0.1) is 0 Å². The van der Waals surface area contributed by atoms with E-state index >= 15 is 0 Å². The maximum Gasteiger partial charge on any atom is 0.334 e. The van der Waals surface area contributed by atoms with Gasteiger partial charge in [-0.2, -0.15) is 25.3 Å². The molecule has 0 aliphatic heterocycles. The van der Waals surface area contributed by atoms with Crippen LogP contribution in [0.1, 0.15) is 51.4 Å². The van der Waals surface area contributed by atoms with Crippen molar-refractivity contribution in [2.75, 3.05) is 39.9 Å². The normalized spacial score (nSPS) is 12.0. The van der Waals surface area contributed by atoms with Gasteiger partial charge in [0, 0.05) is 28.4 Å². The molecule has 0 amide bonds. The van der Waals surface area contributed by atoms with Crippen molar-refractivity contribution in [2.45, 2.75) is 76.5 Å². The molecule has 0 rings (SSSR count). The van der Waals surface area contributed by atoms with E-state index in [9.17, 15) is 0 Å². The molecular formula is C18H44O4S2Si2. The van der Waals surface area contributed by atoms with Crippen LogP contribution in [0.4, 0.5) is 0 Å². The van der Waals surface area contributed by atoms with E-state index in [1.807, 2.05) is 0 Å². The molecule has 0 heterocycles. The molecule has 0 N–H and O–H groups in total. The van der Waals surface area contributed by atoms with Crippen molar-refractivity contribution in [1.29, 1.82) is 0 Å². The second-order valence-corrected chi connectivity index (χ2v) is 14.9. The lowest BCUT2D eigenvalue weighted by atomic mass is 10.2. The van der Waals surface area contributed by atoms with Crippen LogP contribution in [0.25, 0.3) is 0 Å². The predicted octanol–water partition coefficient (Wildman–Crippen LogP) is 5.68. The summed E-state index contributed by atoms with van der Waals surface area (Å²) < 4.78 is 21.6. The van der Waals surface area contributed by atoms with Crippen LogP contribution in [0.15, 0.2) is 0 Å². The maximum atomic E-state index is 5.40. The van der Waals surface area contributed by atoms with Gasteiger partial charge in [0.25, 0.3) is 0 Å². The van der Waals surface area contributed by atoms with E-state index in [4.69, 9.17) is 17.7 Å². The summed E-state index contributed by atoms with van der Waals surface area (Å²) in [7, 11) is 3.46. The van der Waals surface area contributed by atoms with Crippen LogP contribution in [0.2, 0.25) is 25.2 Å². The van der Waals surface area contributed by atoms with Gasteiger partial charge in [0.05, 0.1) is 0 Å². The monoisotopic (exact) mass is 444 g/mol. The van der Waals surface area contributed by atoms with Crippen molar-refractivity contribution in [3.05, 3.63) is 0 Å². The molecule has 0 bridgehead atoms. The first-order valence-corrected chi connectivity index (χ1v) is 16.1. The molecule has 8 heteroatoms. The summed E-state index contributed by atoms with van der Waals surface area (Å²) in [6, 6.07) is 2.21. The lowest BCUT2D eigenvalue weighted by Gasteiger charge is -2.22. The third kappa shape index (κ3) is 17.1. The van der Waals surface area contributed by atoms with E-state index in [-0.39, 0.29) is 0 Å². The molecule has 0 aromatic heterocycles. The first-order chi connectivity index (χ1) is 12.4. The van der Waals surface area contributed by atoms with Gasteiger partial charge in [0.1, 0.15) is 0 Å². The lowest BCUT2D eigenvalue weighted by molar-refractivity contribution is 0.247. The van der Waals surface area contributed by atoms with Crippen molar-refractivity contribution in [3.8, 4) is 0 Å². The van der Waals surface area contributed by atoms with Gasteiger partial charge in [-0.1, -0.05) is 38.5 Å². The van der Waals surface area contributed by atoms with Crippen molar-refractivity contribution in [3.63, 3.8) is 0 Å². The number of hydrogen-bond acceptors (Lipinski definition) is 6. The zero-order chi connectivity index (χ0) is 20.3. The Balaban J connectivity index is 0. The Bertz CT molecular complexity index is 264. The van der Waals surface area contributed by atoms with Crippen LogP contribution in [0.3, 0.4) is 0 Å². The molecule has 0 fully saturated rings. The molecule has 0 saturated carbocycles. The lowest BCUT2D eigenvalue weighted by Crippen LogP contribution is -2.35. The van der Waals surface area contributed by atoms with Gasteiger partial charge in [0.15, 0.2) is 0 Å². The van der Waals surface area contributed by atoms with Crippen LogP contribution in [-0.4, -0.2) is 57.1 Å². The van der Waals surface area contributed by atoms with Crippen molar-refractivity contribution < 1.29 is 17.7 Å². The summed E-state index contributed by atoms with van der Waals surface area (Å²) in [6.07, 6.45) is 9.99.